The zero-order chi connectivity index (χ0) is 14.7. The summed E-state index contributed by atoms with van der Waals surface area (Å²) < 4.78 is 5.50. The predicted octanol–water partition coefficient (Wildman–Crippen LogP) is 3.50. The third kappa shape index (κ3) is 3.36. The molecule has 3 heteroatoms. The van der Waals surface area contributed by atoms with Gasteiger partial charge < -0.3 is 14.8 Å². The molecule has 3 nitrogen and oxygen atoms in total. The fourth-order valence-electron chi connectivity index (χ4n) is 3.00. The highest BCUT2D eigenvalue weighted by atomic mass is 16.4. The van der Waals surface area contributed by atoms with Crippen molar-refractivity contribution >= 4 is 0 Å². The molecule has 1 heterocycles. The fourth-order valence-corrected chi connectivity index (χ4v) is 3.00. The summed E-state index contributed by atoms with van der Waals surface area (Å²) in [6.07, 6.45) is 5.09. The van der Waals surface area contributed by atoms with E-state index in [2.05, 4.69) is 30.4 Å². The fraction of sp³-hybridized carbons (Fsp3) is 0.444. The van der Waals surface area contributed by atoms with Crippen molar-refractivity contribution < 1.29 is 9.52 Å². The Morgan fingerprint density at radius 3 is 2.62 bits per heavy atom. The SMILES string of the molecule is CC(NCc1ccc(CO)o1)c1ccc2c(c1)CCCC2. The molecule has 0 saturated carbocycles. The number of hydrogen-bond acceptors (Lipinski definition) is 3. The van der Waals surface area contributed by atoms with Crippen molar-refractivity contribution in [3.8, 4) is 0 Å². The number of benzene rings is 1. The van der Waals surface area contributed by atoms with E-state index in [9.17, 15) is 0 Å². The van der Waals surface area contributed by atoms with Gasteiger partial charge in [0.2, 0.25) is 0 Å². The van der Waals surface area contributed by atoms with E-state index in [1.165, 1.54) is 42.4 Å². The molecule has 2 aromatic rings. The highest BCUT2D eigenvalue weighted by molar-refractivity contribution is 5.35. The zero-order valence-corrected chi connectivity index (χ0v) is 12.6. The first-order chi connectivity index (χ1) is 10.3. The molecule has 1 aliphatic carbocycles. The molecule has 0 bridgehead atoms. The van der Waals surface area contributed by atoms with Gasteiger partial charge in [0.25, 0.3) is 0 Å². The van der Waals surface area contributed by atoms with Crippen LogP contribution in [-0.4, -0.2) is 5.11 Å². The van der Waals surface area contributed by atoms with E-state index >= 15 is 0 Å². The van der Waals surface area contributed by atoms with Crippen molar-refractivity contribution in [2.75, 3.05) is 0 Å². The number of aliphatic hydroxyl groups excluding tert-OH is 1. The Hall–Kier alpha value is -1.58. The standard InChI is InChI=1S/C18H23NO2/c1-13(19-11-17-8-9-18(12-20)21-17)15-7-6-14-4-2-3-5-16(14)10-15/h6-10,13,19-20H,2-5,11-12H2,1H3. The number of hydrogen-bond donors (Lipinski definition) is 2. The topological polar surface area (TPSA) is 45.4 Å². The first-order valence-corrected chi connectivity index (χ1v) is 7.80. The summed E-state index contributed by atoms with van der Waals surface area (Å²) in [5.74, 6) is 1.48. The minimum absolute atomic E-state index is 0.0413. The lowest BCUT2D eigenvalue weighted by Crippen LogP contribution is -2.18. The Morgan fingerprint density at radius 2 is 1.86 bits per heavy atom. The van der Waals surface area contributed by atoms with Crippen LogP contribution >= 0.6 is 0 Å². The van der Waals surface area contributed by atoms with E-state index in [-0.39, 0.29) is 6.61 Å². The second kappa shape index (κ2) is 6.46. The minimum Gasteiger partial charge on any atom is -0.462 e. The number of fused-ring (bicyclic) bond motifs is 1. The van der Waals surface area contributed by atoms with Crippen molar-refractivity contribution in [1.82, 2.24) is 5.32 Å². The Labute approximate surface area is 126 Å². The van der Waals surface area contributed by atoms with E-state index in [4.69, 9.17) is 9.52 Å². The molecule has 1 aromatic heterocycles. The monoisotopic (exact) mass is 285 g/mol. The smallest absolute Gasteiger partial charge is 0.129 e. The van der Waals surface area contributed by atoms with Crippen molar-refractivity contribution in [3.05, 3.63) is 58.5 Å². The number of rotatable bonds is 5. The molecule has 1 atom stereocenters. The van der Waals surface area contributed by atoms with Gasteiger partial charge in [0.15, 0.2) is 0 Å². The van der Waals surface area contributed by atoms with Crippen LogP contribution in [0.1, 0.15) is 54.0 Å². The molecular weight excluding hydrogens is 262 g/mol. The molecule has 0 spiro atoms. The lowest BCUT2D eigenvalue weighted by molar-refractivity contribution is 0.242. The molecule has 0 amide bonds. The number of aliphatic hydroxyl groups is 1. The highest BCUT2D eigenvalue weighted by Gasteiger charge is 2.12. The van der Waals surface area contributed by atoms with Crippen LogP contribution in [0.25, 0.3) is 0 Å². The molecule has 0 radical (unpaired) electrons. The van der Waals surface area contributed by atoms with Gasteiger partial charge in [-0.2, -0.15) is 0 Å². The summed E-state index contributed by atoms with van der Waals surface area (Å²) in [5.41, 5.74) is 4.38. The van der Waals surface area contributed by atoms with Gasteiger partial charge >= 0.3 is 0 Å². The molecular formula is C18H23NO2. The van der Waals surface area contributed by atoms with E-state index < -0.39 is 0 Å². The summed E-state index contributed by atoms with van der Waals surface area (Å²) in [5, 5.41) is 12.5. The second-order valence-corrected chi connectivity index (χ2v) is 5.86. The summed E-state index contributed by atoms with van der Waals surface area (Å²) in [6.45, 7) is 2.82. The van der Waals surface area contributed by atoms with Crippen LogP contribution in [0.4, 0.5) is 0 Å². The van der Waals surface area contributed by atoms with Crippen LogP contribution in [0.3, 0.4) is 0 Å². The summed E-state index contributed by atoms with van der Waals surface area (Å²) in [4.78, 5) is 0. The van der Waals surface area contributed by atoms with Crippen molar-refractivity contribution in [1.29, 1.82) is 0 Å². The highest BCUT2D eigenvalue weighted by Crippen LogP contribution is 2.25. The lowest BCUT2D eigenvalue weighted by Gasteiger charge is -2.19. The van der Waals surface area contributed by atoms with Crippen LogP contribution in [0.15, 0.2) is 34.7 Å². The minimum atomic E-state index is -0.0413. The van der Waals surface area contributed by atoms with Gasteiger partial charge in [0, 0.05) is 6.04 Å². The van der Waals surface area contributed by atoms with Crippen molar-refractivity contribution in [2.24, 2.45) is 0 Å². The maximum atomic E-state index is 9.00. The summed E-state index contributed by atoms with van der Waals surface area (Å²) in [6, 6.07) is 10.9. The third-order valence-corrected chi connectivity index (χ3v) is 4.33. The van der Waals surface area contributed by atoms with Crippen LogP contribution in [0.5, 0.6) is 0 Å². The molecule has 112 valence electrons. The van der Waals surface area contributed by atoms with Crippen LogP contribution in [-0.2, 0) is 26.0 Å². The average molecular weight is 285 g/mol. The van der Waals surface area contributed by atoms with Gasteiger partial charge in [0.1, 0.15) is 18.1 Å². The lowest BCUT2D eigenvalue weighted by atomic mass is 9.89. The number of aryl methyl sites for hydroxylation is 2. The largest absolute Gasteiger partial charge is 0.462 e. The van der Waals surface area contributed by atoms with Gasteiger partial charge in [-0.05, 0) is 61.4 Å². The Morgan fingerprint density at radius 1 is 1.10 bits per heavy atom. The first-order valence-electron chi connectivity index (χ1n) is 7.80. The van der Waals surface area contributed by atoms with E-state index in [1.54, 1.807) is 0 Å². The van der Waals surface area contributed by atoms with Gasteiger partial charge in [-0.1, -0.05) is 18.2 Å². The van der Waals surface area contributed by atoms with Gasteiger partial charge in [-0.25, -0.2) is 0 Å². The summed E-state index contributed by atoms with van der Waals surface area (Å²) in [7, 11) is 0. The Bertz CT molecular complexity index is 603. The molecule has 1 unspecified atom stereocenters. The van der Waals surface area contributed by atoms with Gasteiger partial charge in [0.05, 0.1) is 6.54 Å². The summed E-state index contributed by atoms with van der Waals surface area (Å²) >= 11 is 0. The predicted molar refractivity (Wildman–Crippen MR) is 83.0 cm³/mol. The third-order valence-electron chi connectivity index (χ3n) is 4.33. The molecule has 2 N–H and O–H groups in total. The molecule has 1 aliphatic rings. The van der Waals surface area contributed by atoms with Crippen LogP contribution in [0.2, 0.25) is 0 Å². The number of nitrogens with one attached hydrogen (secondary N) is 1. The molecule has 0 aliphatic heterocycles. The van der Waals surface area contributed by atoms with E-state index in [0.29, 0.717) is 18.3 Å². The first kappa shape index (κ1) is 14.4. The maximum Gasteiger partial charge on any atom is 0.129 e. The molecule has 0 saturated heterocycles. The van der Waals surface area contributed by atoms with Crippen molar-refractivity contribution in [2.45, 2.75) is 51.8 Å². The molecule has 3 rings (SSSR count). The van der Waals surface area contributed by atoms with Crippen LogP contribution in [0, 0.1) is 0 Å². The van der Waals surface area contributed by atoms with Crippen LogP contribution < -0.4 is 5.32 Å². The number of furan rings is 1. The van der Waals surface area contributed by atoms with Gasteiger partial charge in [-0.3, -0.25) is 0 Å². The van der Waals surface area contributed by atoms with Gasteiger partial charge in [-0.15, -0.1) is 0 Å². The normalized spacial score (nSPS) is 15.7. The maximum absolute atomic E-state index is 9.00. The second-order valence-electron chi connectivity index (χ2n) is 5.86. The Kier molecular flexibility index (Phi) is 4.42. The molecule has 21 heavy (non-hydrogen) atoms. The molecule has 0 fully saturated rings. The Balaban J connectivity index is 1.63. The van der Waals surface area contributed by atoms with E-state index in [1.807, 2.05) is 12.1 Å². The zero-order valence-electron chi connectivity index (χ0n) is 12.6. The van der Waals surface area contributed by atoms with E-state index in [0.717, 1.165) is 5.76 Å². The average Bonchev–Trinajstić information content (AvgIpc) is 3.00. The van der Waals surface area contributed by atoms with Crippen molar-refractivity contribution in [3.63, 3.8) is 0 Å². The quantitative estimate of drug-likeness (QED) is 0.883. The molecule has 1 aromatic carbocycles.